The van der Waals surface area contributed by atoms with Crippen LogP contribution >= 0.6 is 0 Å². The maximum atomic E-state index is 10.6. The van der Waals surface area contributed by atoms with E-state index in [1.165, 1.54) is 6.07 Å². The molecule has 0 unspecified atom stereocenters. The van der Waals surface area contributed by atoms with Crippen molar-refractivity contribution in [2.75, 3.05) is 0 Å². The summed E-state index contributed by atoms with van der Waals surface area (Å²) in [6, 6.07) is 10.7. The summed E-state index contributed by atoms with van der Waals surface area (Å²) in [7, 11) is 0. The van der Waals surface area contributed by atoms with Crippen LogP contribution in [-0.4, -0.2) is 27.3 Å². The molecule has 0 aliphatic heterocycles. The number of hydrogen-bond donors (Lipinski definition) is 3. The molecule has 17 heavy (non-hydrogen) atoms. The van der Waals surface area contributed by atoms with Crippen LogP contribution < -0.4 is 5.73 Å². The van der Waals surface area contributed by atoms with Gasteiger partial charge in [0.15, 0.2) is 0 Å². The van der Waals surface area contributed by atoms with Crippen molar-refractivity contribution in [1.82, 2.24) is 4.98 Å². The summed E-state index contributed by atoms with van der Waals surface area (Å²) in [5, 5.41) is 16.8. The lowest BCUT2D eigenvalue weighted by molar-refractivity contribution is 0.0691. The summed E-state index contributed by atoms with van der Waals surface area (Å²) in [5.41, 5.74) is 4.82. The molecule has 4 N–H and O–H groups in total. The molecule has 0 atom stereocenters. The van der Waals surface area contributed by atoms with Crippen LogP contribution in [-0.2, 0) is 0 Å². The number of carbonyl (C=O) groups is 2. The molecular formula is C11H10N2O4. The zero-order valence-corrected chi connectivity index (χ0v) is 8.70. The van der Waals surface area contributed by atoms with Gasteiger partial charge in [0.2, 0.25) is 0 Å². The third kappa shape index (κ3) is 3.78. The summed E-state index contributed by atoms with van der Waals surface area (Å²) < 4.78 is 0. The van der Waals surface area contributed by atoms with Crippen LogP contribution in [0.5, 0.6) is 0 Å². The number of aromatic carboxylic acids is 1. The minimum absolute atomic E-state index is 0.0821. The van der Waals surface area contributed by atoms with Gasteiger partial charge in [-0.15, -0.1) is 0 Å². The van der Waals surface area contributed by atoms with Crippen LogP contribution in [0.4, 0.5) is 4.79 Å². The van der Waals surface area contributed by atoms with Gasteiger partial charge >= 0.3 is 12.1 Å². The molecule has 0 aliphatic carbocycles. The van der Waals surface area contributed by atoms with E-state index in [0.717, 1.165) is 5.39 Å². The number of amides is 1. The second-order valence-electron chi connectivity index (χ2n) is 3.03. The van der Waals surface area contributed by atoms with Crippen molar-refractivity contribution in [2.45, 2.75) is 0 Å². The fourth-order valence-corrected chi connectivity index (χ4v) is 1.19. The van der Waals surface area contributed by atoms with E-state index in [1.807, 2.05) is 18.2 Å². The molecule has 0 fully saturated rings. The molecule has 6 heteroatoms. The number of rotatable bonds is 1. The quantitative estimate of drug-likeness (QED) is 0.692. The molecule has 1 heterocycles. The average Bonchev–Trinajstić information content (AvgIpc) is 2.27. The van der Waals surface area contributed by atoms with Crippen molar-refractivity contribution < 1.29 is 19.8 Å². The Bertz CT molecular complexity index is 550. The van der Waals surface area contributed by atoms with E-state index in [2.05, 4.69) is 10.7 Å². The lowest BCUT2D eigenvalue weighted by Crippen LogP contribution is -2.03. The van der Waals surface area contributed by atoms with E-state index in [9.17, 15) is 4.79 Å². The first-order chi connectivity index (χ1) is 8.00. The molecule has 2 aromatic rings. The fraction of sp³-hybridized carbons (Fsp3) is 0. The van der Waals surface area contributed by atoms with Crippen LogP contribution in [0.15, 0.2) is 36.4 Å². The second kappa shape index (κ2) is 5.45. The number of aromatic nitrogens is 1. The third-order valence-electron chi connectivity index (χ3n) is 1.82. The molecule has 1 amide bonds. The van der Waals surface area contributed by atoms with Crippen molar-refractivity contribution >= 4 is 23.0 Å². The van der Waals surface area contributed by atoms with Gasteiger partial charge in [0, 0.05) is 5.39 Å². The zero-order valence-electron chi connectivity index (χ0n) is 8.70. The number of primary amides is 1. The normalized spacial score (nSPS) is 9.18. The first kappa shape index (κ1) is 12.4. The van der Waals surface area contributed by atoms with Gasteiger partial charge in [0.25, 0.3) is 0 Å². The molecule has 0 bridgehead atoms. The number of carboxylic acid groups (broad SMARTS) is 2. The van der Waals surface area contributed by atoms with Gasteiger partial charge in [-0.3, -0.25) is 0 Å². The minimum atomic E-state index is -1.33. The third-order valence-corrected chi connectivity index (χ3v) is 1.82. The standard InChI is InChI=1S/C10H7NO2.CH3NO2/c12-10(13)9-6-5-7-3-1-2-4-8(7)11-9;2-1(3)4/h1-6H,(H,12,13);2H2,(H,3,4). The van der Waals surface area contributed by atoms with Crippen LogP contribution in [0.25, 0.3) is 10.9 Å². The Balaban J connectivity index is 0.000000317. The van der Waals surface area contributed by atoms with Gasteiger partial charge in [0.05, 0.1) is 5.52 Å². The maximum absolute atomic E-state index is 10.6. The van der Waals surface area contributed by atoms with Gasteiger partial charge in [0.1, 0.15) is 5.69 Å². The number of carboxylic acids is 1. The molecule has 0 spiro atoms. The Hall–Kier alpha value is -2.63. The number of fused-ring (bicyclic) bond motifs is 1. The second-order valence-corrected chi connectivity index (χ2v) is 3.03. The lowest BCUT2D eigenvalue weighted by atomic mass is 10.2. The first-order valence-electron chi connectivity index (χ1n) is 4.58. The van der Waals surface area contributed by atoms with E-state index < -0.39 is 12.1 Å². The predicted octanol–water partition coefficient (Wildman–Crippen LogP) is 1.56. The molecular weight excluding hydrogens is 224 g/mol. The Morgan fingerprint density at radius 2 is 1.65 bits per heavy atom. The van der Waals surface area contributed by atoms with Crippen LogP contribution in [0.1, 0.15) is 10.5 Å². The van der Waals surface area contributed by atoms with Crippen molar-refractivity contribution in [1.29, 1.82) is 0 Å². The molecule has 1 aromatic carbocycles. The molecule has 0 aliphatic rings. The highest BCUT2D eigenvalue weighted by Crippen LogP contribution is 2.11. The van der Waals surface area contributed by atoms with Crippen molar-refractivity contribution in [2.24, 2.45) is 5.73 Å². The summed E-state index contributed by atoms with van der Waals surface area (Å²) >= 11 is 0. The Morgan fingerprint density at radius 1 is 1.06 bits per heavy atom. The number of hydrogen-bond acceptors (Lipinski definition) is 3. The fourth-order valence-electron chi connectivity index (χ4n) is 1.19. The van der Waals surface area contributed by atoms with E-state index in [1.54, 1.807) is 12.1 Å². The van der Waals surface area contributed by atoms with Gasteiger partial charge in [-0.2, -0.15) is 0 Å². The van der Waals surface area contributed by atoms with E-state index in [4.69, 9.17) is 15.0 Å². The van der Waals surface area contributed by atoms with Crippen LogP contribution in [0, 0.1) is 0 Å². The highest BCUT2D eigenvalue weighted by molar-refractivity contribution is 5.89. The van der Waals surface area contributed by atoms with Crippen molar-refractivity contribution in [3.8, 4) is 0 Å². The molecule has 1 aromatic heterocycles. The average molecular weight is 234 g/mol. The minimum Gasteiger partial charge on any atom is -0.477 e. The van der Waals surface area contributed by atoms with Gasteiger partial charge in [-0.1, -0.05) is 24.3 Å². The monoisotopic (exact) mass is 234 g/mol. The highest BCUT2D eigenvalue weighted by Gasteiger charge is 2.03. The lowest BCUT2D eigenvalue weighted by Gasteiger charge is -1.97. The summed E-state index contributed by atoms with van der Waals surface area (Å²) in [6.45, 7) is 0. The summed E-state index contributed by atoms with van der Waals surface area (Å²) in [6.07, 6.45) is -1.33. The molecule has 0 saturated carbocycles. The van der Waals surface area contributed by atoms with Gasteiger partial charge in [-0.25, -0.2) is 14.6 Å². The Kier molecular flexibility index (Phi) is 3.99. The van der Waals surface area contributed by atoms with Gasteiger partial charge in [-0.05, 0) is 12.1 Å². The Labute approximate surface area is 96.3 Å². The number of benzene rings is 1. The van der Waals surface area contributed by atoms with E-state index in [0.29, 0.717) is 5.52 Å². The SMILES string of the molecule is NC(=O)O.O=C(O)c1ccc2ccccc2n1. The van der Waals surface area contributed by atoms with E-state index >= 15 is 0 Å². The largest absolute Gasteiger partial charge is 0.477 e. The highest BCUT2D eigenvalue weighted by atomic mass is 16.4. The number of nitrogens with zero attached hydrogens (tertiary/aromatic N) is 1. The number of pyridine rings is 1. The van der Waals surface area contributed by atoms with Crippen LogP contribution in [0.2, 0.25) is 0 Å². The zero-order chi connectivity index (χ0) is 12.8. The molecule has 6 nitrogen and oxygen atoms in total. The molecule has 88 valence electrons. The Morgan fingerprint density at radius 3 is 2.24 bits per heavy atom. The first-order valence-corrected chi connectivity index (χ1v) is 4.58. The van der Waals surface area contributed by atoms with E-state index in [-0.39, 0.29) is 5.69 Å². The molecule has 0 saturated heterocycles. The van der Waals surface area contributed by atoms with Gasteiger partial charge < -0.3 is 15.9 Å². The number of para-hydroxylation sites is 1. The smallest absolute Gasteiger partial charge is 0.402 e. The van der Waals surface area contributed by atoms with Crippen molar-refractivity contribution in [3.63, 3.8) is 0 Å². The van der Waals surface area contributed by atoms with Crippen LogP contribution in [0.3, 0.4) is 0 Å². The molecule has 0 radical (unpaired) electrons. The molecule has 2 rings (SSSR count). The summed E-state index contributed by atoms with van der Waals surface area (Å²) in [4.78, 5) is 23.3. The number of nitrogens with two attached hydrogens (primary N) is 1. The maximum Gasteiger partial charge on any atom is 0.402 e. The topological polar surface area (TPSA) is 114 Å². The van der Waals surface area contributed by atoms with Crippen molar-refractivity contribution in [3.05, 3.63) is 42.1 Å². The summed E-state index contributed by atoms with van der Waals surface area (Å²) in [5.74, 6) is -0.995. The predicted molar refractivity (Wildman–Crippen MR) is 60.9 cm³/mol.